The highest BCUT2D eigenvalue weighted by molar-refractivity contribution is 6.21. The third kappa shape index (κ3) is 7.60. The number of carbonyl (C=O) groups excluding carboxylic acids is 6. The first-order valence-corrected chi connectivity index (χ1v) is 24.7. The van der Waals surface area contributed by atoms with Gasteiger partial charge in [-0.2, -0.15) is 0 Å². The smallest absolute Gasteiger partial charge is 0.339 e. The van der Waals surface area contributed by atoms with Gasteiger partial charge in [0.2, 0.25) is 28.6 Å². The molecule has 4 bridgehead atoms. The lowest BCUT2D eigenvalue weighted by Crippen LogP contribution is -2.65. The molecule has 2 unspecified atom stereocenters. The van der Waals surface area contributed by atoms with Crippen LogP contribution in [0.25, 0.3) is 16.7 Å². The molecule has 30 heteroatoms. The van der Waals surface area contributed by atoms with E-state index in [0.29, 0.717) is 30.3 Å². The number of aliphatic hydroxyl groups excluding tert-OH is 2. The molecule has 1 aliphatic carbocycles. The van der Waals surface area contributed by atoms with E-state index in [1.165, 1.54) is 6.07 Å². The minimum Gasteiger partial charge on any atom is -0.507 e. The molecule has 1 fully saturated rings. The van der Waals surface area contributed by atoms with Crippen molar-refractivity contribution < 1.29 is 149 Å². The van der Waals surface area contributed by atoms with E-state index in [2.05, 4.69) is 0 Å². The van der Waals surface area contributed by atoms with Crippen molar-refractivity contribution in [2.24, 2.45) is 5.92 Å². The van der Waals surface area contributed by atoms with Gasteiger partial charge in [-0.1, -0.05) is 6.07 Å². The summed E-state index contributed by atoms with van der Waals surface area (Å²) < 4.78 is 42.1. The molecule has 12 rings (SSSR count). The zero-order valence-electron chi connectivity index (χ0n) is 42.1. The minimum atomic E-state index is -3.11. The summed E-state index contributed by atoms with van der Waals surface area (Å²) in [6.45, 7) is -1.56. The van der Waals surface area contributed by atoms with Crippen molar-refractivity contribution in [2.45, 2.75) is 54.6 Å². The summed E-state index contributed by atoms with van der Waals surface area (Å²) in [7, 11) is 0. The molecule has 85 heavy (non-hydrogen) atoms. The van der Waals surface area contributed by atoms with Gasteiger partial charge in [0.1, 0.15) is 35.9 Å². The van der Waals surface area contributed by atoms with Crippen molar-refractivity contribution in [3.63, 3.8) is 0 Å². The molecule has 1 saturated heterocycles. The number of cyclic esters (lactones) is 3. The van der Waals surface area contributed by atoms with Crippen LogP contribution in [0.5, 0.6) is 97.7 Å². The van der Waals surface area contributed by atoms with Gasteiger partial charge in [-0.15, -0.1) is 0 Å². The molecule has 0 saturated carbocycles. The van der Waals surface area contributed by atoms with Crippen molar-refractivity contribution in [1.82, 2.24) is 0 Å². The number of phenols is 15. The van der Waals surface area contributed by atoms with Gasteiger partial charge in [0.25, 0.3) is 0 Å². The number of rotatable bonds is 4. The second-order valence-corrected chi connectivity index (χ2v) is 20.2. The molecule has 6 aromatic carbocycles. The fourth-order valence-corrected chi connectivity index (χ4v) is 11.7. The Morgan fingerprint density at radius 2 is 1.07 bits per heavy atom. The quantitative estimate of drug-likeness (QED) is 0.0684. The Balaban J connectivity index is 1.12. The number of esters is 5. The van der Waals surface area contributed by atoms with E-state index in [1.807, 2.05) is 0 Å². The van der Waals surface area contributed by atoms with Crippen LogP contribution in [0.2, 0.25) is 0 Å². The van der Waals surface area contributed by atoms with Crippen molar-refractivity contribution in [1.29, 1.82) is 0 Å². The number of Topliss-reactive ketones (excluding diaryl/α,β-unsaturated/α-hetero) is 1. The van der Waals surface area contributed by atoms with Crippen LogP contribution in [0.4, 0.5) is 0 Å². The summed E-state index contributed by atoms with van der Waals surface area (Å²) >= 11 is 0. The van der Waals surface area contributed by atoms with E-state index < -0.39 is 251 Å². The fraction of sp³-hybridized carbons (Fsp3) is 0.200. The molecular weight excluding hydrogens is 1140 g/mol. The number of hydrogen-bond donors (Lipinski definition) is 17. The van der Waals surface area contributed by atoms with E-state index in [4.69, 9.17) is 33.2 Å². The summed E-state index contributed by atoms with van der Waals surface area (Å²) in [5.74, 6) is -36.4. The second kappa shape index (κ2) is 18.5. The van der Waals surface area contributed by atoms with Crippen molar-refractivity contribution in [3.05, 3.63) is 105 Å². The predicted octanol–water partition coefficient (Wildman–Crippen LogP) is 2.44. The minimum absolute atomic E-state index is 0.0685. The number of benzene rings is 6. The third-order valence-electron chi connectivity index (χ3n) is 15.5. The number of ether oxygens (including phenoxy) is 7. The fourth-order valence-electron chi connectivity index (χ4n) is 11.7. The number of aliphatic hydroxyl groups is 2. The summed E-state index contributed by atoms with van der Waals surface area (Å²) in [5, 5.41) is 187. The number of ketones is 1. The van der Waals surface area contributed by atoms with E-state index in [9.17, 15) is 96.4 Å². The SMILES string of the molecule is O=C(O[C@H]1COC(=O)c2cc(O)c(O)c(O)c2-c2c(cc(O)c(O)c2O)C(=O)O[C@@H]1[C@@H]1OC(=O)c2cc(O)c(O)c(O)c2C2=C(O)C(=O)C34Oc5c6c(cc(O)c5[C@@H]3[C@@H]1OC(=O)C24)O[C@H](c1ccc(O)c(O)c1)[C@H](O)C6)c1cc(O)c(O)c(O)c1. The normalized spacial score (nSPS) is 24.5. The summed E-state index contributed by atoms with van der Waals surface area (Å²) in [6.07, 6.45) is -14.7. The van der Waals surface area contributed by atoms with Gasteiger partial charge >= 0.3 is 29.8 Å². The van der Waals surface area contributed by atoms with Crippen molar-refractivity contribution in [2.75, 3.05) is 6.61 Å². The van der Waals surface area contributed by atoms with Gasteiger partial charge in [0.15, 0.2) is 93.4 Å². The Morgan fingerprint density at radius 1 is 0.529 bits per heavy atom. The molecular formula is C55H38O30. The number of aromatic hydroxyl groups is 15. The Morgan fingerprint density at radius 3 is 1.66 bits per heavy atom. The van der Waals surface area contributed by atoms with Crippen LogP contribution in [0, 0.1) is 5.92 Å². The molecule has 5 aliphatic heterocycles. The lowest BCUT2D eigenvalue weighted by atomic mass is 9.67. The standard InChI is InChI=1S/C55H38O30/c56-18-2-1-12(3-19(18)57)44-26(64)6-14-27(80-44)10-20(58)32-34-47-48(84-53(77)17-9-25(63)39(68)42(71)31(17)33-35(54(78)83-47)55(34,85-45(14)32)49(73)43(33)72)46-28(81-50(74)13-4-21(59)36(65)22(60)5-13)11-79-51(75)15-7-23(61)37(66)40(69)29(15)30-16(52(76)82-46)8-24(62)38(67)41(30)70/h1-5,7-10,26,28,34-35,44,46-48,56-72H,6,11H2/t26-,28+,34-,35?,44-,46+,47+,48+,55?/m1/s1. The monoisotopic (exact) mass is 1180 g/mol. The number of carbonyl (C=O) groups is 6. The van der Waals surface area contributed by atoms with E-state index in [0.717, 1.165) is 18.2 Å². The van der Waals surface area contributed by atoms with E-state index in [1.54, 1.807) is 0 Å². The molecule has 6 aliphatic rings. The number of fused-ring (bicyclic) bond motifs is 8. The largest absolute Gasteiger partial charge is 0.507 e. The maximum absolute atomic E-state index is 15.4. The first kappa shape index (κ1) is 54.0. The molecule has 0 aromatic heterocycles. The van der Waals surface area contributed by atoms with Gasteiger partial charge in [0.05, 0.1) is 34.3 Å². The molecule has 438 valence electrons. The maximum atomic E-state index is 15.4. The molecule has 0 radical (unpaired) electrons. The van der Waals surface area contributed by atoms with Crippen molar-refractivity contribution >= 4 is 41.2 Å². The Bertz CT molecular complexity index is 4100. The highest BCUT2D eigenvalue weighted by atomic mass is 16.6. The first-order chi connectivity index (χ1) is 40.2. The first-order valence-electron chi connectivity index (χ1n) is 24.7. The maximum Gasteiger partial charge on any atom is 0.339 e. The summed E-state index contributed by atoms with van der Waals surface area (Å²) in [5.41, 5.74) is -12.8. The highest BCUT2D eigenvalue weighted by Gasteiger charge is 2.76. The lowest BCUT2D eigenvalue weighted by Gasteiger charge is -2.47. The molecule has 17 N–H and O–H groups in total. The average Bonchev–Trinajstić information content (AvgIpc) is 1.52. The Hall–Kier alpha value is -11.6. The summed E-state index contributed by atoms with van der Waals surface area (Å²) in [4.78, 5) is 89.8. The third-order valence-corrected chi connectivity index (χ3v) is 15.5. The van der Waals surface area contributed by atoms with Crippen molar-refractivity contribution in [3.8, 4) is 109 Å². The molecule has 9 atom stereocenters. The topological polar surface area (TPSA) is 511 Å². The van der Waals surface area contributed by atoms with Gasteiger partial charge in [-0.3, -0.25) is 9.59 Å². The molecule has 0 amide bonds. The van der Waals surface area contributed by atoms with Gasteiger partial charge in [-0.25, -0.2) is 19.2 Å². The number of hydrogen-bond acceptors (Lipinski definition) is 30. The van der Waals surface area contributed by atoms with Crippen LogP contribution in [0.3, 0.4) is 0 Å². The number of phenolic OH excluding ortho intramolecular Hbond substituents is 15. The van der Waals surface area contributed by atoms with Gasteiger partial charge in [0, 0.05) is 45.9 Å². The highest BCUT2D eigenvalue weighted by Crippen LogP contribution is 2.67. The Kier molecular flexibility index (Phi) is 11.8. The van der Waals surface area contributed by atoms with Crippen LogP contribution in [0.1, 0.15) is 75.7 Å². The van der Waals surface area contributed by atoms with Crippen LogP contribution in [-0.2, 0) is 39.7 Å². The second-order valence-electron chi connectivity index (χ2n) is 20.2. The van der Waals surface area contributed by atoms with E-state index >= 15 is 19.2 Å². The van der Waals surface area contributed by atoms with E-state index in [-0.39, 0.29) is 16.9 Å². The summed E-state index contributed by atoms with van der Waals surface area (Å²) in [6, 6.07) is 6.47. The zero-order chi connectivity index (χ0) is 61.1. The van der Waals surface area contributed by atoms with Gasteiger partial charge in [-0.05, 0) is 48.0 Å². The molecule has 1 spiro atoms. The van der Waals surface area contributed by atoms with Crippen LogP contribution in [0.15, 0.2) is 60.4 Å². The zero-order valence-corrected chi connectivity index (χ0v) is 42.1. The molecule has 30 nitrogen and oxygen atoms in total. The molecule has 6 aromatic rings. The average molecular weight is 1180 g/mol. The predicted molar refractivity (Wildman–Crippen MR) is 268 cm³/mol. The van der Waals surface area contributed by atoms with Gasteiger partial charge < -0.3 is 120 Å². The van der Waals surface area contributed by atoms with Crippen LogP contribution in [-0.4, -0.2) is 165 Å². The lowest BCUT2D eigenvalue weighted by molar-refractivity contribution is -0.200. The van der Waals surface area contributed by atoms with Crippen LogP contribution >= 0.6 is 0 Å². The Labute approximate surface area is 469 Å². The molecule has 5 heterocycles. The van der Waals surface area contributed by atoms with Crippen LogP contribution < -0.4 is 9.47 Å².